The highest BCUT2D eigenvalue weighted by Crippen LogP contribution is 2.31. The third-order valence-electron chi connectivity index (χ3n) is 2.90. The van der Waals surface area contributed by atoms with Crippen LogP contribution in [0.1, 0.15) is 13.3 Å². The molecule has 0 saturated heterocycles. The lowest BCUT2D eigenvalue weighted by molar-refractivity contribution is -0.0953. The maximum absolute atomic E-state index is 12.4. The summed E-state index contributed by atoms with van der Waals surface area (Å²) in [5.41, 5.74) is -0.643. The second-order valence-electron chi connectivity index (χ2n) is 4.25. The van der Waals surface area contributed by atoms with Crippen LogP contribution in [0.25, 0.3) is 0 Å². The van der Waals surface area contributed by atoms with Crippen molar-refractivity contribution in [1.82, 2.24) is 9.62 Å². The van der Waals surface area contributed by atoms with Crippen LogP contribution in [-0.4, -0.2) is 50.8 Å². The molecule has 1 N–H and O–H groups in total. The first-order valence-electron chi connectivity index (χ1n) is 5.59. The number of nitrogens with one attached hydrogen (secondary N) is 1. The third-order valence-corrected chi connectivity index (χ3v) is 5.13. The van der Waals surface area contributed by atoms with Gasteiger partial charge in [-0.05, 0) is 20.4 Å². The Balaban J connectivity index is 2.76. The van der Waals surface area contributed by atoms with Gasteiger partial charge in [0.25, 0.3) is 0 Å². The van der Waals surface area contributed by atoms with Crippen LogP contribution in [0.2, 0.25) is 0 Å². The van der Waals surface area contributed by atoms with Gasteiger partial charge in [-0.3, -0.25) is 0 Å². The van der Waals surface area contributed by atoms with Crippen LogP contribution < -0.4 is 5.32 Å². The van der Waals surface area contributed by atoms with Crippen molar-refractivity contribution in [3.8, 4) is 0 Å². The standard InChI is InChI=1S/C10H17F3N2O2S/c1-8(7-14-2)18(16,17)15-5-3-9(4-6-15)10(11,12)13/h3,8,14H,4-7H2,1-2H3. The molecule has 0 spiro atoms. The Labute approximate surface area is 105 Å². The Hall–Kier alpha value is -0.600. The van der Waals surface area contributed by atoms with Gasteiger partial charge in [0.15, 0.2) is 0 Å². The zero-order valence-electron chi connectivity index (χ0n) is 10.3. The van der Waals surface area contributed by atoms with E-state index in [0.717, 1.165) is 10.4 Å². The van der Waals surface area contributed by atoms with Gasteiger partial charge in [0.1, 0.15) is 0 Å². The summed E-state index contributed by atoms with van der Waals surface area (Å²) in [6.45, 7) is 1.50. The van der Waals surface area contributed by atoms with E-state index < -0.39 is 27.0 Å². The molecule has 0 aromatic heterocycles. The molecule has 0 fully saturated rings. The molecule has 0 aromatic rings. The fraction of sp³-hybridized carbons (Fsp3) is 0.800. The highest BCUT2D eigenvalue weighted by atomic mass is 32.2. The second-order valence-corrected chi connectivity index (χ2v) is 6.60. The molecule has 106 valence electrons. The summed E-state index contributed by atoms with van der Waals surface area (Å²) in [7, 11) is -1.91. The van der Waals surface area contributed by atoms with Crippen molar-refractivity contribution in [1.29, 1.82) is 0 Å². The molecule has 1 atom stereocenters. The predicted octanol–water partition coefficient (Wildman–Crippen LogP) is 1.12. The van der Waals surface area contributed by atoms with Crippen molar-refractivity contribution in [3.05, 3.63) is 11.6 Å². The molecule has 0 radical (unpaired) electrons. The van der Waals surface area contributed by atoms with Crippen molar-refractivity contribution >= 4 is 10.0 Å². The Morgan fingerprint density at radius 3 is 2.50 bits per heavy atom. The van der Waals surface area contributed by atoms with Gasteiger partial charge in [-0.2, -0.15) is 17.5 Å². The lowest BCUT2D eigenvalue weighted by Gasteiger charge is -2.29. The smallest absolute Gasteiger partial charge is 0.318 e. The molecule has 1 aliphatic heterocycles. The summed E-state index contributed by atoms with van der Waals surface area (Å²) in [6.07, 6.45) is -3.69. The van der Waals surface area contributed by atoms with Gasteiger partial charge in [-0.1, -0.05) is 6.08 Å². The molecule has 0 aliphatic carbocycles. The van der Waals surface area contributed by atoms with Crippen LogP contribution in [0.3, 0.4) is 0 Å². The van der Waals surface area contributed by atoms with Gasteiger partial charge in [0, 0.05) is 25.2 Å². The van der Waals surface area contributed by atoms with Crippen molar-refractivity contribution in [2.24, 2.45) is 0 Å². The lowest BCUT2D eigenvalue weighted by atomic mass is 10.1. The van der Waals surface area contributed by atoms with E-state index in [1.54, 1.807) is 7.05 Å². The monoisotopic (exact) mass is 286 g/mol. The first-order valence-corrected chi connectivity index (χ1v) is 7.09. The van der Waals surface area contributed by atoms with E-state index >= 15 is 0 Å². The highest BCUT2D eigenvalue weighted by Gasteiger charge is 2.37. The van der Waals surface area contributed by atoms with Crippen LogP contribution in [0, 0.1) is 0 Å². The zero-order valence-corrected chi connectivity index (χ0v) is 11.1. The summed E-state index contributed by atoms with van der Waals surface area (Å²) in [6, 6.07) is 0. The molecule has 1 unspecified atom stereocenters. The molecule has 1 aliphatic rings. The van der Waals surface area contributed by atoms with Crippen molar-refractivity contribution in [2.45, 2.75) is 24.8 Å². The molecule has 18 heavy (non-hydrogen) atoms. The molecule has 8 heteroatoms. The molecule has 0 aromatic carbocycles. The van der Waals surface area contributed by atoms with Crippen LogP contribution in [0.15, 0.2) is 11.6 Å². The summed E-state index contributed by atoms with van der Waals surface area (Å²) in [5, 5.41) is 2.09. The SMILES string of the molecule is CNCC(C)S(=O)(=O)N1CC=C(C(F)(F)F)CC1. The normalized spacial score (nSPS) is 20.6. The minimum absolute atomic E-state index is 0.109. The minimum atomic E-state index is -4.35. The lowest BCUT2D eigenvalue weighted by Crippen LogP contribution is -2.44. The Morgan fingerprint density at radius 2 is 2.11 bits per heavy atom. The first-order chi connectivity index (χ1) is 8.19. The van der Waals surface area contributed by atoms with Gasteiger partial charge in [0.2, 0.25) is 10.0 Å². The van der Waals surface area contributed by atoms with Crippen molar-refractivity contribution in [3.63, 3.8) is 0 Å². The van der Waals surface area contributed by atoms with Crippen LogP contribution in [0.4, 0.5) is 13.2 Å². The Morgan fingerprint density at radius 1 is 1.50 bits per heavy atom. The van der Waals surface area contributed by atoms with Gasteiger partial charge in [0.05, 0.1) is 5.25 Å². The van der Waals surface area contributed by atoms with Gasteiger partial charge in [-0.15, -0.1) is 0 Å². The van der Waals surface area contributed by atoms with Crippen LogP contribution in [0.5, 0.6) is 0 Å². The number of hydrogen-bond acceptors (Lipinski definition) is 3. The van der Waals surface area contributed by atoms with Crippen LogP contribution in [-0.2, 0) is 10.0 Å². The maximum atomic E-state index is 12.4. The first kappa shape index (κ1) is 15.5. The van der Waals surface area contributed by atoms with E-state index in [4.69, 9.17) is 0 Å². The summed E-state index contributed by atoms with van der Waals surface area (Å²) >= 11 is 0. The predicted molar refractivity (Wildman–Crippen MR) is 62.6 cm³/mol. The van der Waals surface area contributed by atoms with Gasteiger partial charge < -0.3 is 5.32 Å². The summed E-state index contributed by atoms with van der Waals surface area (Å²) < 4.78 is 62.3. The molecule has 1 heterocycles. The summed E-state index contributed by atoms with van der Waals surface area (Å²) in [4.78, 5) is 0. The van der Waals surface area contributed by atoms with Gasteiger partial charge in [-0.25, -0.2) is 8.42 Å². The molecule has 1 rings (SSSR count). The number of sulfonamides is 1. The quantitative estimate of drug-likeness (QED) is 0.788. The molecule has 0 bridgehead atoms. The second kappa shape index (κ2) is 5.58. The van der Waals surface area contributed by atoms with E-state index in [1.165, 1.54) is 6.92 Å². The zero-order chi connectivity index (χ0) is 14.0. The average Bonchev–Trinajstić information content (AvgIpc) is 2.28. The fourth-order valence-electron chi connectivity index (χ4n) is 1.79. The third kappa shape index (κ3) is 3.46. The molecular weight excluding hydrogens is 269 g/mol. The number of halogens is 3. The Bertz CT molecular complexity index is 417. The van der Waals surface area contributed by atoms with Crippen molar-refractivity contribution in [2.75, 3.05) is 26.7 Å². The van der Waals surface area contributed by atoms with Crippen LogP contribution >= 0.6 is 0 Å². The summed E-state index contributed by atoms with van der Waals surface area (Å²) in [5.74, 6) is 0. The van der Waals surface area contributed by atoms with E-state index in [9.17, 15) is 21.6 Å². The maximum Gasteiger partial charge on any atom is 0.412 e. The molecule has 0 saturated carbocycles. The average molecular weight is 286 g/mol. The van der Waals surface area contributed by atoms with Crippen molar-refractivity contribution < 1.29 is 21.6 Å². The van der Waals surface area contributed by atoms with E-state index in [2.05, 4.69) is 5.32 Å². The molecule has 4 nitrogen and oxygen atoms in total. The van der Waals surface area contributed by atoms with Gasteiger partial charge >= 0.3 is 6.18 Å². The van der Waals surface area contributed by atoms with E-state index in [0.29, 0.717) is 0 Å². The largest absolute Gasteiger partial charge is 0.412 e. The number of rotatable bonds is 4. The Kier molecular flexibility index (Phi) is 4.79. The number of alkyl halides is 3. The molecule has 0 amide bonds. The topological polar surface area (TPSA) is 49.4 Å². The number of hydrogen-bond donors (Lipinski definition) is 1. The minimum Gasteiger partial charge on any atom is -0.318 e. The number of nitrogens with zero attached hydrogens (tertiary/aromatic N) is 1. The van der Waals surface area contributed by atoms with E-state index in [-0.39, 0.29) is 26.1 Å². The molecular formula is C10H17F3N2O2S. The van der Waals surface area contributed by atoms with E-state index in [1.807, 2.05) is 0 Å². The highest BCUT2D eigenvalue weighted by molar-refractivity contribution is 7.89. The fourth-order valence-corrected chi connectivity index (χ4v) is 3.30.